The number of rotatable bonds is 5. The second-order valence-corrected chi connectivity index (χ2v) is 3.30. The van der Waals surface area contributed by atoms with Crippen LogP contribution in [0.25, 0.3) is 4.85 Å². The van der Waals surface area contributed by atoms with Crippen LogP contribution in [0.3, 0.4) is 0 Å². The first-order valence-corrected chi connectivity index (χ1v) is 5.49. The van der Waals surface area contributed by atoms with Crippen molar-refractivity contribution < 1.29 is 14.3 Å². The Morgan fingerprint density at radius 3 is 2.71 bits per heavy atom. The van der Waals surface area contributed by atoms with Crippen LogP contribution in [0.15, 0.2) is 18.2 Å². The van der Waals surface area contributed by atoms with Gasteiger partial charge in [-0.25, -0.2) is 11.4 Å². The van der Waals surface area contributed by atoms with Gasteiger partial charge in [-0.1, -0.05) is 6.07 Å². The first-order valence-electron chi connectivity index (χ1n) is 5.49. The highest BCUT2D eigenvalue weighted by atomic mass is 16.5. The molecule has 0 fully saturated rings. The van der Waals surface area contributed by atoms with Gasteiger partial charge in [0.1, 0.15) is 11.3 Å². The quantitative estimate of drug-likeness (QED) is 0.580. The third-order valence-corrected chi connectivity index (χ3v) is 2.10. The summed E-state index contributed by atoms with van der Waals surface area (Å²) in [5.74, 6) is 0.0809. The predicted molar refractivity (Wildman–Crippen MR) is 63.9 cm³/mol. The van der Waals surface area contributed by atoms with E-state index in [0.717, 1.165) is 5.56 Å². The molecule has 0 atom stereocenters. The molecular formula is C13H15NO3. The summed E-state index contributed by atoms with van der Waals surface area (Å²) in [5, 5.41) is 0. The highest BCUT2D eigenvalue weighted by molar-refractivity contribution is 5.92. The number of esters is 1. The minimum absolute atomic E-state index is 0.281. The van der Waals surface area contributed by atoms with Crippen LogP contribution in [0.1, 0.15) is 29.8 Å². The minimum Gasteiger partial charge on any atom is -0.493 e. The summed E-state index contributed by atoms with van der Waals surface area (Å²) >= 11 is 0. The van der Waals surface area contributed by atoms with Gasteiger partial charge in [0.05, 0.1) is 13.2 Å². The van der Waals surface area contributed by atoms with E-state index in [2.05, 4.69) is 4.85 Å². The van der Waals surface area contributed by atoms with Gasteiger partial charge in [-0.3, -0.25) is 0 Å². The number of hydrogen-bond acceptors (Lipinski definition) is 3. The van der Waals surface area contributed by atoms with E-state index >= 15 is 0 Å². The van der Waals surface area contributed by atoms with Crippen molar-refractivity contribution >= 4 is 5.97 Å². The van der Waals surface area contributed by atoms with E-state index < -0.39 is 5.97 Å². The maximum Gasteiger partial charge on any atom is 0.341 e. The van der Waals surface area contributed by atoms with Gasteiger partial charge in [0, 0.05) is 5.56 Å². The third kappa shape index (κ3) is 3.49. The van der Waals surface area contributed by atoms with Gasteiger partial charge in [-0.2, -0.15) is 0 Å². The maximum absolute atomic E-state index is 11.6. The van der Waals surface area contributed by atoms with Crippen LogP contribution < -0.4 is 4.74 Å². The number of carbonyl (C=O) groups excluding carboxylic acids is 1. The summed E-state index contributed by atoms with van der Waals surface area (Å²) < 4.78 is 10.3. The molecule has 0 aliphatic carbocycles. The third-order valence-electron chi connectivity index (χ3n) is 2.10. The standard InChI is InChI=1S/C13H15NO3/c1-4-16-12-8-10(9-14-3)6-7-11(12)13(15)17-5-2/h6-8H,4-5,9H2,1-2H3. The monoisotopic (exact) mass is 233 g/mol. The van der Waals surface area contributed by atoms with Gasteiger partial charge in [-0.05, 0) is 26.0 Å². The van der Waals surface area contributed by atoms with Crippen LogP contribution in [-0.2, 0) is 11.3 Å². The molecule has 17 heavy (non-hydrogen) atoms. The highest BCUT2D eigenvalue weighted by Crippen LogP contribution is 2.22. The van der Waals surface area contributed by atoms with Crippen molar-refractivity contribution in [3.8, 4) is 5.75 Å². The van der Waals surface area contributed by atoms with Crippen molar-refractivity contribution in [2.45, 2.75) is 20.4 Å². The summed E-state index contributed by atoms with van der Waals surface area (Å²) in [6.45, 7) is 11.5. The lowest BCUT2D eigenvalue weighted by atomic mass is 10.1. The zero-order valence-electron chi connectivity index (χ0n) is 10.0. The number of ether oxygens (including phenoxy) is 2. The fraction of sp³-hybridized carbons (Fsp3) is 0.385. The second-order valence-electron chi connectivity index (χ2n) is 3.30. The molecule has 0 saturated heterocycles. The van der Waals surface area contributed by atoms with Crippen LogP contribution in [0, 0.1) is 6.57 Å². The van der Waals surface area contributed by atoms with E-state index in [0.29, 0.717) is 24.5 Å². The number of hydrogen-bond donors (Lipinski definition) is 0. The van der Waals surface area contributed by atoms with Crippen LogP contribution in [0.5, 0.6) is 5.75 Å². The summed E-state index contributed by atoms with van der Waals surface area (Å²) in [4.78, 5) is 14.9. The van der Waals surface area contributed by atoms with Crippen LogP contribution in [-0.4, -0.2) is 19.2 Å². The van der Waals surface area contributed by atoms with Crippen molar-refractivity contribution in [3.63, 3.8) is 0 Å². The molecule has 1 aromatic rings. The van der Waals surface area contributed by atoms with Crippen molar-refractivity contribution in [2.75, 3.05) is 13.2 Å². The topological polar surface area (TPSA) is 39.9 Å². The van der Waals surface area contributed by atoms with E-state index in [-0.39, 0.29) is 6.54 Å². The van der Waals surface area contributed by atoms with Crippen molar-refractivity contribution in [2.24, 2.45) is 0 Å². The van der Waals surface area contributed by atoms with Gasteiger partial charge in [0.25, 0.3) is 0 Å². The van der Waals surface area contributed by atoms with Gasteiger partial charge in [0.15, 0.2) is 0 Å². The fourth-order valence-corrected chi connectivity index (χ4v) is 1.41. The zero-order chi connectivity index (χ0) is 12.7. The molecule has 0 saturated carbocycles. The summed E-state index contributed by atoms with van der Waals surface area (Å²) in [7, 11) is 0. The van der Waals surface area contributed by atoms with E-state index in [4.69, 9.17) is 16.0 Å². The molecule has 0 bridgehead atoms. The number of benzene rings is 1. The maximum atomic E-state index is 11.6. The van der Waals surface area contributed by atoms with Crippen molar-refractivity contribution in [1.82, 2.24) is 0 Å². The molecule has 0 heterocycles. The molecular weight excluding hydrogens is 218 g/mol. The molecule has 4 heteroatoms. The van der Waals surface area contributed by atoms with E-state index in [1.807, 2.05) is 6.92 Å². The largest absolute Gasteiger partial charge is 0.493 e. The molecule has 1 aromatic carbocycles. The van der Waals surface area contributed by atoms with Gasteiger partial charge in [0.2, 0.25) is 6.54 Å². The molecule has 0 aliphatic rings. The average Bonchev–Trinajstić information content (AvgIpc) is 2.30. The minimum atomic E-state index is -0.398. The highest BCUT2D eigenvalue weighted by Gasteiger charge is 2.14. The van der Waals surface area contributed by atoms with Crippen molar-refractivity contribution in [3.05, 3.63) is 40.7 Å². The van der Waals surface area contributed by atoms with Gasteiger partial charge >= 0.3 is 5.97 Å². The van der Waals surface area contributed by atoms with Crippen molar-refractivity contribution in [1.29, 1.82) is 0 Å². The molecule has 90 valence electrons. The average molecular weight is 233 g/mol. The lowest BCUT2D eigenvalue weighted by Gasteiger charge is -2.09. The first-order chi connectivity index (χ1) is 8.22. The Morgan fingerprint density at radius 2 is 2.12 bits per heavy atom. The lowest BCUT2D eigenvalue weighted by Crippen LogP contribution is -2.08. The predicted octanol–water partition coefficient (Wildman–Crippen LogP) is 2.68. The Morgan fingerprint density at radius 1 is 1.35 bits per heavy atom. The Hall–Kier alpha value is -2.02. The number of nitrogens with zero attached hydrogens (tertiary/aromatic N) is 1. The fourth-order valence-electron chi connectivity index (χ4n) is 1.41. The summed E-state index contributed by atoms with van der Waals surface area (Å²) in [6, 6.07) is 5.10. The smallest absolute Gasteiger partial charge is 0.341 e. The van der Waals surface area contributed by atoms with Gasteiger partial charge in [-0.15, -0.1) is 0 Å². The van der Waals surface area contributed by atoms with E-state index in [9.17, 15) is 4.79 Å². The van der Waals surface area contributed by atoms with Crippen LogP contribution >= 0.6 is 0 Å². The molecule has 0 aromatic heterocycles. The van der Waals surface area contributed by atoms with Crippen LogP contribution in [0.4, 0.5) is 0 Å². The Labute approximate surface area is 101 Å². The van der Waals surface area contributed by atoms with Crippen LogP contribution in [0.2, 0.25) is 0 Å². The van der Waals surface area contributed by atoms with Gasteiger partial charge < -0.3 is 14.3 Å². The SMILES string of the molecule is [C-]#[N+]Cc1ccc(C(=O)OCC)c(OCC)c1. The molecule has 1 rings (SSSR count). The molecule has 0 radical (unpaired) electrons. The molecule has 4 nitrogen and oxygen atoms in total. The Balaban J connectivity index is 3.04. The normalized spacial score (nSPS) is 9.47. The zero-order valence-corrected chi connectivity index (χ0v) is 10.0. The molecule has 0 aliphatic heterocycles. The van der Waals surface area contributed by atoms with E-state index in [1.54, 1.807) is 25.1 Å². The molecule has 0 N–H and O–H groups in total. The first kappa shape index (κ1) is 13.0. The molecule has 0 amide bonds. The summed E-state index contributed by atoms with van der Waals surface area (Å²) in [6.07, 6.45) is 0. The lowest BCUT2D eigenvalue weighted by molar-refractivity contribution is 0.0522. The summed E-state index contributed by atoms with van der Waals surface area (Å²) in [5.41, 5.74) is 1.24. The Bertz CT molecular complexity index is 435. The number of carbonyl (C=O) groups is 1. The molecule has 0 spiro atoms. The second kappa shape index (κ2) is 6.54. The van der Waals surface area contributed by atoms with E-state index in [1.165, 1.54) is 0 Å². The Kier molecular flexibility index (Phi) is 5.02. The molecule has 0 unspecified atom stereocenters.